The van der Waals surface area contributed by atoms with Gasteiger partial charge < -0.3 is 9.84 Å². The fourth-order valence-electron chi connectivity index (χ4n) is 1.63. The van der Waals surface area contributed by atoms with Crippen LogP contribution in [0.15, 0.2) is 22.7 Å². The van der Waals surface area contributed by atoms with Gasteiger partial charge in [-0.25, -0.2) is 0 Å². The summed E-state index contributed by atoms with van der Waals surface area (Å²) in [6, 6.07) is 4.07. The predicted molar refractivity (Wildman–Crippen MR) is 62.5 cm³/mol. The molecule has 1 heterocycles. The van der Waals surface area contributed by atoms with E-state index in [-0.39, 0.29) is 12.1 Å². The third-order valence-corrected chi connectivity index (χ3v) is 2.56. The maximum Gasteiger partial charge on any atom is 0.416 e. The molecule has 102 valence electrons. The van der Waals surface area contributed by atoms with Crippen molar-refractivity contribution < 1.29 is 17.7 Å². The first-order valence-corrected chi connectivity index (χ1v) is 5.57. The van der Waals surface area contributed by atoms with Gasteiger partial charge in [0.2, 0.25) is 5.89 Å². The summed E-state index contributed by atoms with van der Waals surface area (Å²) in [6.07, 6.45) is -4.36. The summed E-state index contributed by atoms with van der Waals surface area (Å²) < 4.78 is 43.0. The third kappa shape index (κ3) is 3.24. The van der Waals surface area contributed by atoms with Gasteiger partial charge in [0.15, 0.2) is 5.82 Å². The minimum atomic E-state index is -4.36. The van der Waals surface area contributed by atoms with E-state index in [9.17, 15) is 13.2 Å². The van der Waals surface area contributed by atoms with Gasteiger partial charge in [-0.3, -0.25) is 0 Å². The lowest BCUT2D eigenvalue weighted by Crippen LogP contribution is -2.09. The molecule has 1 aromatic heterocycles. The minimum absolute atomic E-state index is 0.182. The number of nitrogens with zero attached hydrogens (tertiary/aromatic N) is 2. The molecule has 0 spiro atoms. The van der Waals surface area contributed by atoms with Crippen molar-refractivity contribution in [3.8, 4) is 0 Å². The largest absolute Gasteiger partial charge is 0.416 e. The summed E-state index contributed by atoms with van der Waals surface area (Å²) in [5, 5.41) is 6.41. The number of anilines is 1. The third-order valence-electron chi connectivity index (χ3n) is 2.56. The predicted octanol–water partition coefficient (Wildman–Crippen LogP) is 3.32. The van der Waals surface area contributed by atoms with Crippen molar-refractivity contribution in [2.75, 3.05) is 5.32 Å². The van der Waals surface area contributed by atoms with Crippen LogP contribution in [0.25, 0.3) is 0 Å². The normalized spacial score (nSPS) is 11.6. The molecule has 0 aliphatic heterocycles. The van der Waals surface area contributed by atoms with E-state index in [4.69, 9.17) is 4.52 Å². The summed E-state index contributed by atoms with van der Waals surface area (Å²) in [6.45, 7) is 3.27. The number of hydrogen-bond acceptors (Lipinski definition) is 4. The summed E-state index contributed by atoms with van der Waals surface area (Å²) >= 11 is 0. The summed E-state index contributed by atoms with van der Waals surface area (Å²) in [5.41, 5.74) is -0.111. The number of aromatic nitrogens is 2. The molecular weight excluding hydrogens is 259 g/mol. The first-order chi connectivity index (χ1) is 8.86. The van der Waals surface area contributed by atoms with E-state index >= 15 is 0 Å². The maximum atomic E-state index is 12.7. The summed E-state index contributed by atoms with van der Waals surface area (Å²) in [7, 11) is 0. The summed E-state index contributed by atoms with van der Waals surface area (Å²) in [4.78, 5) is 3.95. The topological polar surface area (TPSA) is 51.0 Å². The Morgan fingerprint density at radius 1 is 1.26 bits per heavy atom. The molecule has 2 rings (SSSR count). The zero-order valence-corrected chi connectivity index (χ0v) is 10.4. The molecule has 0 aliphatic rings. The molecule has 7 heteroatoms. The fourth-order valence-corrected chi connectivity index (χ4v) is 1.63. The van der Waals surface area contributed by atoms with Crippen LogP contribution in [0.1, 0.15) is 22.8 Å². The van der Waals surface area contributed by atoms with E-state index in [0.29, 0.717) is 17.4 Å². The maximum absolute atomic E-state index is 12.7. The Labute approximate surface area is 107 Å². The average molecular weight is 271 g/mol. The quantitative estimate of drug-likeness (QED) is 0.930. The van der Waals surface area contributed by atoms with Crippen LogP contribution in [-0.4, -0.2) is 10.1 Å². The highest BCUT2D eigenvalue weighted by atomic mass is 19.4. The Hall–Kier alpha value is -2.05. The lowest BCUT2D eigenvalue weighted by atomic mass is 10.1. The van der Waals surface area contributed by atoms with E-state index in [0.717, 1.165) is 6.07 Å². The molecule has 0 unspecified atom stereocenters. The lowest BCUT2D eigenvalue weighted by molar-refractivity contribution is -0.138. The van der Waals surface area contributed by atoms with E-state index in [1.807, 2.05) is 0 Å². The molecule has 2 aromatic rings. The van der Waals surface area contributed by atoms with Crippen molar-refractivity contribution in [3.63, 3.8) is 0 Å². The van der Waals surface area contributed by atoms with Crippen LogP contribution < -0.4 is 5.32 Å². The molecule has 0 fully saturated rings. The van der Waals surface area contributed by atoms with E-state index in [2.05, 4.69) is 15.5 Å². The lowest BCUT2D eigenvalue weighted by Gasteiger charge is -2.12. The highest BCUT2D eigenvalue weighted by molar-refractivity contribution is 5.49. The molecule has 1 N–H and O–H groups in total. The molecule has 1 aromatic carbocycles. The Morgan fingerprint density at radius 2 is 2.00 bits per heavy atom. The van der Waals surface area contributed by atoms with Crippen molar-refractivity contribution in [3.05, 3.63) is 41.0 Å². The van der Waals surface area contributed by atoms with E-state index in [1.165, 1.54) is 13.0 Å². The summed E-state index contributed by atoms with van der Waals surface area (Å²) in [5.74, 6) is 0.809. The second kappa shape index (κ2) is 4.91. The molecule has 0 amide bonds. The monoisotopic (exact) mass is 271 g/mol. The van der Waals surface area contributed by atoms with Crippen molar-refractivity contribution in [2.45, 2.75) is 26.6 Å². The molecule has 0 aliphatic carbocycles. The number of rotatable bonds is 3. The Kier molecular flexibility index (Phi) is 3.46. The van der Waals surface area contributed by atoms with Gasteiger partial charge in [-0.05, 0) is 31.5 Å². The second-order valence-corrected chi connectivity index (χ2v) is 4.12. The second-order valence-electron chi connectivity index (χ2n) is 4.12. The first-order valence-electron chi connectivity index (χ1n) is 5.57. The number of halogens is 3. The van der Waals surface area contributed by atoms with Gasteiger partial charge >= 0.3 is 6.18 Å². The average Bonchev–Trinajstić information content (AvgIpc) is 2.72. The highest BCUT2D eigenvalue weighted by Gasteiger charge is 2.32. The van der Waals surface area contributed by atoms with Crippen molar-refractivity contribution in [1.82, 2.24) is 10.1 Å². The zero-order chi connectivity index (χ0) is 14.0. The number of nitrogens with one attached hydrogen (secondary N) is 1. The first kappa shape index (κ1) is 13.4. The van der Waals surface area contributed by atoms with Crippen LogP contribution in [0.3, 0.4) is 0 Å². The van der Waals surface area contributed by atoms with Gasteiger partial charge in [0.05, 0.1) is 12.1 Å². The number of benzene rings is 1. The van der Waals surface area contributed by atoms with Crippen LogP contribution in [0, 0.1) is 13.8 Å². The van der Waals surface area contributed by atoms with Gasteiger partial charge in [0.1, 0.15) is 0 Å². The van der Waals surface area contributed by atoms with Gasteiger partial charge in [0, 0.05) is 5.69 Å². The highest BCUT2D eigenvalue weighted by Crippen LogP contribution is 2.33. The van der Waals surface area contributed by atoms with Crippen LogP contribution >= 0.6 is 0 Å². The molecule has 4 nitrogen and oxygen atoms in total. The van der Waals surface area contributed by atoms with E-state index < -0.39 is 11.7 Å². The van der Waals surface area contributed by atoms with Crippen LogP contribution in [-0.2, 0) is 12.7 Å². The molecule has 0 saturated carbocycles. The Bertz CT molecular complexity index is 578. The van der Waals surface area contributed by atoms with Crippen LogP contribution in [0.2, 0.25) is 0 Å². The van der Waals surface area contributed by atoms with E-state index in [1.54, 1.807) is 13.0 Å². The van der Waals surface area contributed by atoms with Gasteiger partial charge in [0.25, 0.3) is 0 Å². The fraction of sp³-hybridized carbons (Fsp3) is 0.333. The molecular formula is C12H12F3N3O. The number of alkyl halides is 3. The van der Waals surface area contributed by atoms with Crippen molar-refractivity contribution in [2.24, 2.45) is 0 Å². The van der Waals surface area contributed by atoms with Crippen LogP contribution in [0.5, 0.6) is 0 Å². The SMILES string of the molecule is Cc1noc(CNc2ccc(C)c(C(F)(F)F)c2)n1. The van der Waals surface area contributed by atoms with Gasteiger partial charge in [-0.15, -0.1) is 0 Å². The van der Waals surface area contributed by atoms with Gasteiger partial charge in [-0.2, -0.15) is 18.2 Å². The van der Waals surface area contributed by atoms with Crippen molar-refractivity contribution >= 4 is 5.69 Å². The van der Waals surface area contributed by atoms with Crippen LogP contribution in [0.4, 0.5) is 18.9 Å². The van der Waals surface area contributed by atoms with Gasteiger partial charge in [-0.1, -0.05) is 11.2 Å². The molecule has 0 radical (unpaired) electrons. The number of hydrogen-bond donors (Lipinski definition) is 1. The molecule has 0 atom stereocenters. The molecule has 0 saturated heterocycles. The Balaban J connectivity index is 2.13. The smallest absolute Gasteiger partial charge is 0.376 e. The number of aryl methyl sites for hydroxylation is 2. The zero-order valence-electron chi connectivity index (χ0n) is 10.4. The Morgan fingerprint density at radius 3 is 2.58 bits per heavy atom. The molecule has 19 heavy (non-hydrogen) atoms. The standard InChI is InChI=1S/C12H12F3N3O/c1-7-3-4-9(5-10(7)12(13,14)15)16-6-11-17-8(2)18-19-11/h3-5,16H,6H2,1-2H3. The minimum Gasteiger partial charge on any atom is -0.376 e. The van der Waals surface area contributed by atoms with Crippen molar-refractivity contribution in [1.29, 1.82) is 0 Å². The molecule has 0 bridgehead atoms.